The Morgan fingerprint density at radius 3 is 2.83 bits per heavy atom. The summed E-state index contributed by atoms with van der Waals surface area (Å²) in [6, 6.07) is 9.22. The minimum atomic E-state index is -0.0991. The van der Waals surface area contributed by atoms with Crippen molar-refractivity contribution in [2.24, 2.45) is 7.05 Å². The Morgan fingerprint density at radius 2 is 2.22 bits per heavy atom. The van der Waals surface area contributed by atoms with E-state index in [2.05, 4.69) is 5.10 Å². The molecule has 0 aliphatic carbocycles. The Labute approximate surface area is 106 Å². The van der Waals surface area contributed by atoms with E-state index in [9.17, 15) is 4.79 Å². The Morgan fingerprint density at radius 1 is 1.44 bits per heavy atom. The van der Waals surface area contributed by atoms with Gasteiger partial charge in [-0.25, -0.2) is 0 Å². The van der Waals surface area contributed by atoms with Crippen LogP contribution in [0, 0.1) is 0 Å². The number of benzene rings is 1. The highest BCUT2D eigenvalue weighted by atomic mass is 16.2. The van der Waals surface area contributed by atoms with Gasteiger partial charge in [-0.15, -0.1) is 0 Å². The summed E-state index contributed by atoms with van der Waals surface area (Å²) >= 11 is 0. The molecule has 94 valence electrons. The van der Waals surface area contributed by atoms with Crippen molar-refractivity contribution in [3.05, 3.63) is 47.8 Å². The summed E-state index contributed by atoms with van der Waals surface area (Å²) in [7, 11) is 3.54. The van der Waals surface area contributed by atoms with E-state index in [1.807, 2.05) is 24.3 Å². The van der Waals surface area contributed by atoms with Crippen LogP contribution in [0.1, 0.15) is 16.1 Å². The molecule has 2 aromatic rings. The SMILES string of the molecule is CN(Cc1cccc(N)c1)C(=O)c1ccn(C)n1. The van der Waals surface area contributed by atoms with E-state index in [0.29, 0.717) is 17.9 Å². The lowest BCUT2D eigenvalue weighted by Crippen LogP contribution is -2.26. The van der Waals surface area contributed by atoms with Crippen molar-refractivity contribution in [3.8, 4) is 0 Å². The predicted molar refractivity (Wildman–Crippen MR) is 69.9 cm³/mol. The van der Waals surface area contributed by atoms with Crippen LogP contribution >= 0.6 is 0 Å². The van der Waals surface area contributed by atoms with Gasteiger partial charge in [-0.05, 0) is 23.8 Å². The zero-order chi connectivity index (χ0) is 13.1. The van der Waals surface area contributed by atoms with Gasteiger partial charge in [0, 0.05) is 32.5 Å². The fourth-order valence-corrected chi connectivity index (χ4v) is 1.76. The highest BCUT2D eigenvalue weighted by Crippen LogP contribution is 2.10. The molecule has 1 aromatic carbocycles. The molecule has 0 unspecified atom stereocenters. The maximum Gasteiger partial charge on any atom is 0.274 e. The molecule has 1 heterocycles. The van der Waals surface area contributed by atoms with E-state index in [1.165, 1.54) is 0 Å². The molecule has 0 atom stereocenters. The molecule has 0 saturated carbocycles. The Kier molecular flexibility index (Phi) is 3.32. The second-order valence-electron chi connectivity index (χ2n) is 4.28. The Bertz CT molecular complexity index is 562. The third-order valence-corrected chi connectivity index (χ3v) is 2.65. The minimum Gasteiger partial charge on any atom is -0.399 e. The van der Waals surface area contributed by atoms with Crippen molar-refractivity contribution >= 4 is 11.6 Å². The molecule has 0 aliphatic rings. The molecule has 5 nitrogen and oxygen atoms in total. The van der Waals surface area contributed by atoms with Gasteiger partial charge < -0.3 is 10.6 Å². The second-order valence-corrected chi connectivity index (χ2v) is 4.28. The monoisotopic (exact) mass is 244 g/mol. The lowest BCUT2D eigenvalue weighted by Gasteiger charge is -2.16. The van der Waals surface area contributed by atoms with Crippen molar-refractivity contribution in [2.45, 2.75) is 6.54 Å². The largest absolute Gasteiger partial charge is 0.399 e. The van der Waals surface area contributed by atoms with Crippen LogP contribution in [0.25, 0.3) is 0 Å². The first-order valence-corrected chi connectivity index (χ1v) is 5.66. The van der Waals surface area contributed by atoms with Crippen LogP contribution in [0.5, 0.6) is 0 Å². The fraction of sp³-hybridized carbons (Fsp3) is 0.231. The number of carbonyl (C=O) groups excluding carboxylic acids is 1. The first kappa shape index (κ1) is 12.2. The predicted octanol–water partition coefficient (Wildman–Crippen LogP) is 1.27. The molecule has 0 fully saturated rings. The van der Waals surface area contributed by atoms with Crippen LogP contribution in [0.3, 0.4) is 0 Å². The van der Waals surface area contributed by atoms with Gasteiger partial charge in [0.2, 0.25) is 0 Å². The molecule has 0 saturated heterocycles. The van der Waals surface area contributed by atoms with Gasteiger partial charge in [0.25, 0.3) is 5.91 Å². The summed E-state index contributed by atoms with van der Waals surface area (Å²) < 4.78 is 1.61. The van der Waals surface area contributed by atoms with Crippen LogP contribution in [0.2, 0.25) is 0 Å². The van der Waals surface area contributed by atoms with Gasteiger partial charge in [-0.2, -0.15) is 5.10 Å². The number of hydrogen-bond donors (Lipinski definition) is 1. The summed E-state index contributed by atoms with van der Waals surface area (Å²) in [5.41, 5.74) is 7.86. The van der Waals surface area contributed by atoms with Crippen LogP contribution in [0.4, 0.5) is 5.69 Å². The van der Waals surface area contributed by atoms with Crippen molar-refractivity contribution in [3.63, 3.8) is 0 Å². The molecular weight excluding hydrogens is 228 g/mol. The lowest BCUT2D eigenvalue weighted by molar-refractivity contribution is 0.0778. The highest BCUT2D eigenvalue weighted by Gasteiger charge is 2.14. The number of aryl methyl sites for hydroxylation is 1. The smallest absolute Gasteiger partial charge is 0.274 e. The normalized spacial score (nSPS) is 10.3. The third kappa shape index (κ3) is 2.68. The average Bonchev–Trinajstić information content (AvgIpc) is 2.75. The summed E-state index contributed by atoms with van der Waals surface area (Å²) in [6.45, 7) is 0.514. The average molecular weight is 244 g/mol. The number of nitrogen functional groups attached to an aromatic ring is 1. The number of hydrogen-bond acceptors (Lipinski definition) is 3. The fourth-order valence-electron chi connectivity index (χ4n) is 1.76. The van der Waals surface area contributed by atoms with Crippen LogP contribution in [-0.2, 0) is 13.6 Å². The van der Waals surface area contributed by atoms with E-state index in [-0.39, 0.29) is 5.91 Å². The number of rotatable bonds is 3. The molecule has 5 heteroatoms. The topological polar surface area (TPSA) is 64.2 Å². The number of aromatic nitrogens is 2. The van der Waals surface area contributed by atoms with Gasteiger partial charge >= 0.3 is 0 Å². The first-order valence-electron chi connectivity index (χ1n) is 5.66. The van der Waals surface area contributed by atoms with Crippen LogP contribution in [-0.4, -0.2) is 27.6 Å². The molecule has 2 N–H and O–H groups in total. The minimum absolute atomic E-state index is 0.0991. The van der Waals surface area contributed by atoms with E-state index in [1.54, 1.807) is 35.9 Å². The number of carbonyl (C=O) groups is 1. The molecule has 2 rings (SSSR count). The molecular formula is C13H16N4O. The van der Waals surface area contributed by atoms with Crippen molar-refractivity contribution in [1.29, 1.82) is 0 Å². The van der Waals surface area contributed by atoms with E-state index >= 15 is 0 Å². The van der Waals surface area contributed by atoms with Gasteiger partial charge in [0.1, 0.15) is 5.69 Å². The summed E-state index contributed by atoms with van der Waals surface area (Å²) in [5.74, 6) is -0.0991. The molecule has 0 aliphatic heterocycles. The summed E-state index contributed by atoms with van der Waals surface area (Å²) in [5, 5.41) is 4.09. The number of amides is 1. The number of anilines is 1. The van der Waals surface area contributed by atoms with Crippen LogP contribution in [0.15, 0.2) is 36.5 Å². The van der Waals surface area contributed by atoms with Gasteiger partial charge in [0.15, 0.2) is 0 Å². The first-order chi connectivity index (χ1) is 8.56. The molecule has 0 radical (unpaired) electrons. The maximum absolute atomic E-state index is 12.1. The molecule has 0 spiro atoms. The second kappa shape index (κ2) is 4.91. The quantitative estimate of drug-likeness (QED) is 0.827. The third-order valence-electron chi connectivity index (χ3n) is 2.65. The van der Waals surface area contributed by atoms with Gasteiger partial charge in [-0.3, -0.25) is 9.48 Å². The standard InChI is InChI=1S/C13H16N4O/c1-16(9-10-4-3-5-11(14)8-10)13(18)12-6-7-17(2)15-12/h3-8H,9,14H2,1-2H3. The van der Waals surface area contributed by atoms with Crippen LogP contribution < -0.4 is 5.73 Å². The molecule has 0 bridgehead atoms. The highest BCUT2D eigenvalue weighted by molar-refractivity contribution is 5.91. The molecule has 18 heavy (non-hydrogen) atoms. The zero-order valence-electron chi connectivity index (χ0n) is 10.5. The maximum atomic E-state index is 12.1. The molecule has 1 aromatic heterocycles. The van der Waals surface area contributed by atoms with Gasteiger partial charge in [-0.1, -0.05) is 12.1 Å². The molecule has 1 amide bonds. The van der Waals surface area contributed by atoms with Gasteiger partial charge in [0.05, 0.1) is 0 Å². The van der Waals surface area contributed by atoms with E-state index in [0.717, 1.165) is 5.56 Å². The number of nitrogens with zero attached hydrogens (tertiary/aromatic N) is 3. The summed E-state index contributed by atoms with van der Waals surface area (Å²) in [4.78, 5) is 13.7. The van der Waals surface area contributed by atoms with Crippen molar-refractivity contribution in [1.82, 2.24) is 14.7 Å². The lowest BCUT2D eigenvalue weighted by atomic mass is 10.2. The van der Waals surface area contributed by atoms with Crippen molar-refractivity contribution < 1.29 is 4.79 Å². The zero-order valence-corrected chi connectivity index (χ0v) is 10.5. The Balaban J connectivity index is 2.08. The number of nitrogens with two attached hydrogens (primary N) is 1. The van der Waals surface area contributed by atoms with E-state index < -0.39 is 0 Å². The Hall–Kier alpha value is -2.30. The van der Waals surface area contributed by atoms with Crippen molar-refractivity contribution in [2.75, 3.05) is 12.8 Å². The summed E-state index contributed by atoms with van der Waals surface area (Å²) in [6.07, 6.45) is 1.75. The van der Waals surface area contributed by atoms with E-state index in [4.69, 9.17) is 5.73 Å².